The minimum atomic E-state index is -1.07. The molecule has 2 atom stereocenters. The maximum atomic E-state index is 10.3. The van der Waals surface area contributed by atoms with Crippen LogP contribution in [0.3, 0.4) is 0 Å². The Morgan fingerprint density at radius 3 is 1.33 bits per heavy atom. The summed E-state index contributed by atoms with van der Waals surface area (Å²) in [5.41, 5.74) is 16.1. The molecule has 2 aromatic carbocycles. The van der Waals surface area contributed by atoms with E-state index in [0.717, 1.165) is 11.1 Å². The average Bonchev–Trinajstić information content (AvgIpc) is 2.81. The Hall–Kier alpha value is -1.90. The fourth-order valence-electron chi connectivity index (χ4n) is 2.60. The summed E-state index contributed by atoms with van der Waals surface area (Å²) in [6.07, 6.45) is 6.39. The molecule has 0 aliphatic carbocycles. The van der Waals surface area contributed by atoms with Crippen molar-refractivity contribution in [3.8, 4) is 0 Å². The van der Waals surface area contributed by atoms with Crippen LogP contribution in [0.4, 0.5) is 0 Å². The zero-order chi connectivity index (χ0) is 24.9. The first-order valence-corrected chi connectivity index (χ1v) is 15.5. The number of carboxylic acid groups (broad SMARTS) is 2. The van der Waals surface area contributed by atoms with Gasteiger partial charge in [0.1, 0.15) is 0 Å². The number of hydrogen-bond acceptors (Lipinski definition) is 2. The Labute approximate surface area is 209 Å². The molecular weight excluding hydrogens is 523 g/mol. The number of carbonyl (C=O) groups is 2. The van der Waals surface area contributed by atoms with Crippen molar-refractivity contribution in [3.05, 3.63) is 83.3 Å². The van der Waals surface area contributed by atoms with E-state index in [1.165, 1.54) is 25.7 Å². The number of rotatable bonds is 12. The summed E-state index contributed by atoms with van der Waals surface area (Å²) in [5, 5.41) is 16.9. The van der Waals surface area contributed by atoms with Crippen LogP contribution < -0.4 is 0 Å². The van der Waals surface area contributed by atoms with Gasteiger partial charge in [-0.15, -0.1) is 0 Å². The van der Waals surface area contributed by atoms with E-state index >= 15 is 0 Å². The fourth-order valence-corrected chi connectivity index (χ4v) is 6.76. The fraction of sp³-hybridized carbons (Fsp3) is 0.462. The summed E-state index contributed by atoms with van der Waals surface area (Å²) in [6.45, 7) is 4.58. The standard InChI is InChI=1S/2C9H10NO2.2C4H9.Sn/c2*10-8(9(11)12)6-7-4-2-1-3-5-7;2*1-3-4-2;/h2*1-5,8,10H,6H2,(H,11,12);2*1,3-4H2,2H3;/q2*-1;;;+2. The van der Waals surface area contributed by atoms with E-state index < -0.39 is 24.0 Å². The van der Waals surface area contributed by atoms with Gasteiger partial charge in [-0.25, -0.2) is 0 Å². The van der Waals surface area contributed by atoms with Crippen LogP contribution in [-0.4, -0.2) is 55.4 Å². The number of unbranched alkanes of at least 4 members (excludes halogenated alkanes) is 2. The third-order valence-corrected chi connectivity index (χ3v) is 8.61. The summed E-state index contributed by atoms with van der Waals surface area (Å²) in [4.78, 5) is 20.6. The molecule has 2 rings (SSSR count). The zero-order valence-corrected chi connectivity index (χ0v) is 22.7. The van der Waals surface area contributed by atoms with Crippen molar-refractivity contribution in [2.75, 3.05) is 0 Å². The van der Waals surface area contributed by atoms with Gasteiger partial charge in [0.2, 0.25) is 0 Å². The molecule has 0 fully saturated rings. The van der Waals surface area contributed by atoms with Crippen LogP contribution in [0.1, 0.15) is 50.7 Å². The van der Waals surface area contributed by atoms with Crippen molar-refractivity contribution < 1.29 is 19.8 Å². The second-order valence-electron chi connectivity index (χ2n) is 7.62. The van der Waals surface area contributed by atoms with Gasteiger partial charge in [0.05, 0.1) is 0 Å². The Balaban J connectivity index is 0.000000472. The van der Waals surface area contributed by atoms with Crippen LogP contribution in [0.15, 0.2) is 60.7 Å². The maximum absolute atomic E-state index is 10.3. The SMILES string of the molecule is CCC[CH2][Sn+2][CH2]CCC.[NH-]C(Cc1ccccc1)C(=O)O.[NH-]C(Cc1ccccc1)C(=O)O. The molecule has 0 heterocycles. The first-order chi connectivity index (χ1) is 15.8. The number of aliphatic carboxylic acids is 2. The van der Waals surface area contributed by atoms with Crippen molar-refractivity contribution in [3.63, 3.8) is 0 Å². The minimum Gasteiger partial charge on any atom is -0.665 e. The summed E-state index contributed by atoms with van der Waals surface area (Å²) < 4.78 is 3.25. The second-order valence-corrected chi connectivity index (χ2v) is 11.9. The number of hydrogen-bond donors (Lipinski definition) is 2. The van der Waals surface area contributed by atoms with Crippen molar-refractivity contribution in [1.82, 2.24) is 0 Å². The van der Waals surface area contributed by atoms with Gasteiger partial charge < -0.3 is 21.7 Å². The van der Waals surface area contributed by atoms with Gasteiger partial charge in [-0.1, -0.05) is 60.7 Å². The van der Waals surface area contributed by atoms with E-state index in [1.807, 2.05) is 60.7 Å². The van der Waals surface area contributed by atoms with Crippen LogP contribution in [0, 0.1) is 0 Å². The predicted octanol–water partition coefficient (Wildman–Crippen LogP) is 6.60. The molecule has 33 heavy (non-hydrogen) atoms. The molecular formula is C26H38N2O4Sn. The third kappa shape index (κ3) is 18.2. The first kappa shape index (κ1) is 31.1. The van der Waals surface area contributed by atoms with E-state index in [4.69, 9.17) is 21.7 Å². The molecule has 6 nitrogen and oxygen atoms in total. The van der Waals surface area contributed by atoms with Crippen LogP contribution in [-0.2, 0) is 22.4 Å². The predicted molar refractivity (Wildman–Crippen MR) is 137 cm³/mol. The zero-order valence-electron chi connectivity index (χ0n) is 19.8. The van der Waals surface area contributed by atoms with Crippen molar-refractivity contribution in [1.29, 1.82) is 0 Å². The Bertz CT molecular complexity index is 681. The molecule has 180 valence electrons. The summed E-state index contributed by atoms with van der Waals surface area (Å²) in [6, 6.07) is 16.3. The van der Waals surface area contributed by atoms with Crippen molar-refractivity contribution in [2.24, 2.45) is 0 Å². The van der Waals surface area contributed by atoms with Gasteiger partial charge >= 0.3 is 69.5 Å². The smallest absolute Gasteiger partial charge is 0.285 e. The largest absolute Gasteiger partial charge is 0.665 e. The third-order valence-electron chi connectivity index (χ3n) is 4.58. The van der Waals surface area contributed by atoms with E-state index in [1.54, 1.807) is 8.87 Å². The molecule has 0 amide bonds. The quantitative estimate of drug-likeness (QED) is 0.224. The monoisotopic (exact) mass is 562 g/mol. The molecule has 0 saturated carbocycles. The molecule has 0 bridgehead atoms. The van der Waals surface area contributed by atoms with Crippen LogP contribution >= 0.6 is 0 Å². The molecule has 2 unspecified atom stereocenters. The molecule has 0 saturated heterocycles. The first-order valence-electron chi connectivity index (χ1n) is 11.5. The van der Waals surface area contributed by atoms with Crippen LogP contribution in [0.25, 0.3) is 11.5 Å². The normalized spacial score (nSPS) is 11.5. The van der Waals surface area contributed by atoms with Crippen LogP contribution in [0.5, 0.6) is 0 Å². The molecule has 0 spiro atoms. The van der Waals surface area contributed by atoms with Crippen LogP contribution in [0.2, 0.25) is 8.87 Å². The second kappa shape index (κ2) is 20.7. The molecule has 2 aromatic rings. The number of nitrogens with one attached hydrogen (secondary N) is 2. The van der Waals surface area contributed by atoms with E-state index in [-0.39, 0.29) is 34.0 Å². The molecule has 0 aromatic heterocycles. The van der Waals surface area contributed by atoms with Gasteiger partial charge in [0.25, 0.3) is 11.9 Å². The minimum absolute atomic E-state index is 0.149. The Morgan fingerprint density at radius 1 is 0.727 bits per heavy atom. The molecule has 7 heteroatoms. The van der Waals surface area contributed by atoms with E-state index in [9.17, 15) is 9.59 Å². The molecule has 0 radical (unpaired) electrons. The van der Waals surface area contributed by atoms with E-state index in [0.29, 0.717) is 0 Å². The molecule has 0 aliphatic rings. The van der Waals surface area contributed by atoms with Crippen molar-refractivity contribution in [2.45, 2.75) is 73.3 Å². The van der Waals surface area contributed by atoms with Gasteiger partial charge in [-0.05, 0) is 36.1 Å². The van der Waals surface area contributed by atoms with Gasteiger partial charge in [-0.2, -0.15) is 0 Å². The van der Waals surface area contributed by atoms with Gasteiger partial charge in [0.15, 0.2) is 0 Å². The van der Waals surface area contributed by atoms with Crippen molar-refractivity contribution >= 4 is 33.1 Å². The molecule has 0 aliphatic heterocycles. The maximum Gasteiger partial charge on any atom is 0.285 e. The van der Waals surface area contributed by atoms with E-state index in [2.05, 4.69) is 13.8 Å². The van der Waals surface area contributed by atoms with Gasteiger partial charge in [-0.3, -0.25) is 9.59 Å². The summed E-state index contributed by atoms with van der Waals surface area (Å²) >= 11 is 0.149. The summed E-state index contributed by atoms with van der Waals surface area (Å²) in [7, 11) is 0. The Morgan fingerprint density at radius 2 is 1.06 bits per heavy atom. The summed E-state index contributed by atoms with van der Waals surface area (Å²) in [5.74, 6) is -2.14. The Kier molecular flexibility index (Phi) is 19.5. The molecule has 4 N–H and O–H groups in total. The average molecular weight is 561 g/mol. The topological polar surface area (TPSA) is 122 Å². The number of benzene rings is 2. The number of carboxylic acids is 2. The van der Waals surface area contributed by atoms with Gasteiger partial charge in [0, 0.05) is 0 Å².